The second-order valence-electron chi connectivity index (χ2n) is 3.26. The molecule has 0 bridgehead atoms. The summed E-state index contributed by atoms with van der Waals surface area (Å²) < 4.78 is 0. The van der Waals surface area contributed by atoms with Gasteiger partial charge < -0.3 is 11.5 Å². The molecule has 0 aliphatic carbocycles. The number of rotatable bonds is 3. The van der Waals surface area contributed by atoms with Crippen molar-refractivity contribution in [3.05, 3.63) is 42.4 Å². The molecule has 17 heavy (non-hydrogen) atoms. The van der Waals surface area contributed by atoms with E-state index >= 15 is 0 Å². The molecule has 4 N–H and O–H groups in total. The monoisotopic (exact) mass is 246 g/mol. The van der Waals surface area contributed by atoms with Gasteiger partial charge in [-0.05, 0) is 18.2 Å². The molecule has 1 aromatic carbocycles. The normalized spacial score (nSPS) is 10.1. The molecule has 2 aromatic rings. The van der Waals surface area contributed by atoms with Gasteiger partial charge in [0.15, 0.2) is 0 Å². The first kappa shape index (κ1) is 11.4. The largest absolute Gasteiger partial charge is 0.398 e. The number of hydrogen-bond donors (Lipinski definition) is 2. The van der Waals surface area contributed by atoms with Gasteiger partial charge in [-0.3, -0.25) is 9.78 Å². The van der Waals surface area contributed by atoms with Crippen LogP contribution in [0.4, 0.5) is 5.69 Å². The molecule has 0 unspecified atom stereocenters. The number of primary amides is 1. The van der Waals surface area contributed by atoms with E-state index in [4.69, 9.17) is 11.5 Å². The van der Waals surface area contributed by atoms with E-state index in [9.17, 15) is 4.79 Å². The molecule has 1 heterocycles. The Morgan fingerprint density at radius 1 is 1.29 bits per heavy atom. The van der Waals surface area contributed by atoms with Gasteiger partial charge in [-0.25, -0.2) is 4.98 Å². The van der Waals surface area contributed by atoms with Crippen molar-refractivity contribution in [2.75, 3.05) is 5.73 Å². The topological polar surface area (TPSA) is 94.9 Å². The van der Waals surface area contributed by atoms with Gasteiger partial charge in [-0.2, -0.15) is 0 Å². The predicted molar refractivity (Wildman–Crippen MR) is 65.5 cm³/mol. The predicted octanol–water partition coefficient (Wildman–Crippen LogP) is 1.31. The van der Waals surface area contributed by atoms with Crippen LogP contribution in [0.5, 0.6) is 0 Å². The number of amides is 1. The van der Waals surface area contributed by atoms with Gasteiger partial charge in [0.2, 0.25) is 0 Å². The lowest BCUT2D eigenvalue weighted by Crippen LogP contribution is -2.13. The molecule has 5 nitrogen and oxygen atoms in total. The van der Waals surface area contributed by atoms with E-state index in [0.717, 1.165) is 9.92 Å². The fourth-order valence-electron chi connectivity index (χ4n) is 1.27. The molecular weight excluding hydrogens is 236 g/mol. The Balaban J connectivity index is 2.29. The molecule has 0 fully saturated rings. The van der Waals surface area contributed by atoms with Crippen molar-refractivity contribution >= 4 is 23.4 Å². The number of nitrogens with two attached hydrogens (primary N) is 2. The molecule has 0 spiro atoms. The minimum absolute atomic E-state index is 0.318. The molecule has 0 aliphatic rings. The Bertz CT molecular complexity index is 544. The summed E-state index contributed by atoms with van der Waals surface area (Å²) in [6.45, 7) is 0. The number of nitrogens with zero attached hydrogens (tertiary/aromatic N) is 2. The highest BCUT2D eigenvalue weighted by Crippen LogP contribution is 2.27. The maximum absolute atomic E-state index is 11.1. The summed E-state index contributed by atoms with van der Waals surface area (Å²) in [7, 11) is 0. The van der Waals surface area contributed by atoms with Gasteiger partial charge in [0.25, 0.3) is 5.91 Å². The van der Waals surface area contributed by atoms with Crippen molar-refractivity contribution in [2.24, 2.45) is 5.73 Å². The van der Waals surface area contributed by atoms with Gasteiger partial charge in [-0.15, -0.1) is 0 Å². The zero-order valence-corrected chi connectivity index (χ0v) is 9.65. The van der Waals surface area contributed by atoms with Crippen LogP contribution in [-0.2, 0) is 0 Å². The third kappa shape index (κ3) is 2.73. The Kier molecular flexibility index (Phi) is 3.24. The Morgan fingerprint density at radius 3 is 2.76 bits per heavy atom. The van der Waals surface area contributed by atoms with E-state index in [-0.39, 0.29) is 0 Å². The van der Waals surface area contributed by atoms with E-state index in [0.29, 0.717) is 11.3 Å². The summed E-state index contributed by atoms with van der Waals surface area (Å²) >= 11 is 1.39. The van der Waals surface area contributed by atoms with Crippen LogP contribution in [0.25, 0.3) is 0 Å². The van der Waals surface area contributed by atoms with E-state index in [1.54, 1.807) is 36.8 Å². The highest BCUT2D eigenvalue weighted by Gasteiger charge is 2.07. The molecule has 0 aliphatic heterocycles. The standard InChI is InChI=1S/C11H10N4OS/c12-9-2-1-7(5-8(9)11(13)16)17-10-6-14-3-4-15-10/h1-6H,12H2,(H2,13,16). The molecule has 1 aromatic heterocycles. The van der Waals surface area contributed by atoms with Crippen molar-refractivity contribution in [1.82, 2.24) is 9.97 Å². The van der Waals surface area contributed by atoms with Crippen molar-refractivity contribution in [3.8, 4) is 0 Å². The third-order valence-corrected chi connectivity index (χ3v) is 2.96. The number of nitrogen functional groups attached to an aromatic ring is 1. The number of hydrogen-bond acceptors (Lipinski definition) is 5. The van der Waals surface area contributed by atoms with Crippen molar-refractivity contribution in [2.45, 2.75) is 9.92 Å². The van der Waals surface area contributed by atoms with Gasteiger partial charge in [0.05, 0.1) is 11.8 Å². The number of anilines is 1. The van der Waals surface area contributed by atoms with Gasteiger partial charge in [0, 0.05) is 23.0 Å². The first-order valence-electron chi connectivity index (χ1n) is 4.80. The summed E-state index contributed by atoms with van der Waals surface area (Å²) in [6.07, 6.45) is 4.85. The van der Waals surface area contributed by atoms with E-state index in [1.807, 2.05) is 0 Å². The minimum Gasteiger partial charge on any atom is -0.398 e. The molecule has 1 amide bonds. The smallest absolute Gasteiger partial charge is 0.250 e. The summed E-state index contributed by atoms with van der Waals surface area (Å²) in [6, 6.07) is 5.11. The Hall–Kier alpha value is -2.08. The van der Waals surface area contributed by atoms with Crippen LogP contribution >= 0.6 is 11.8 Å². The number of aromatic nitrogens is 2. The maximum Gasteiger partial charge on any atom is 0.250 e. The molecule has 6 heteroatoms. The first-order chi connectivity index (χ1) is 8.16. The Labute approximate surface area is 102 Å². The van der Waals surface area contributed by atoms with Crippen LogP contribution in [0, 0.1) is 0 Å². The van der Waals surface area contributed by atoms with Crippen LogP contribution in [0.3, 0.4) is 0 Å². The quantitative estimate of drug-likeness (QED) is 0.796. The van der Waals surface area contributed by atoms with Gasteiger partial charge in [0.1, 0.15) is 5.03 Å². The van der Waals surface area contributed by atoms with Crippen LogP contribution < -0.4 is 11.5 Å². The van der Waals surface area contributed by atoms with Crippen LogP contribution in [0.15, 0.2) is 46.7 Å². The lowest BCUT2D eigenvalue weighted by molar-refractivity contribution is 0.100. The molecule has 0 radical (unpaired) electrons. The first-order valence-corrected chi connectivity index (χ1v) is 5.61. The number of benzene rings is 1. The third-order valence-electron chi connectivity index (χ3n) is 2.05. The van der Waals surface area contributed by atoms with Gasteiger partial charge >= 0.3 is 0 Å². The molecular formula is C11H10N4OS. The average molecular weight is 246 g/mol. The van der Waals surface area contributed by atoms with E-state index in [2.05, 4.69) is 9.97 Å². The molecule has 2 rings (SSSR count). The minimum atomic E-state index is -0.538. The lowest BCUT2D eigenvalue weighted by atomic mass is 10.2. The maximum atomic E-state index is 11.1. The highest BCUT2D eigenvalue weighted by atomic mass is 32.2. The van der Waals surface area contributed by atoms with E-state index in [1.165, 1.54) is 11.8 Å². The van der Waals surface area contributed by atoms with Crippen LogP contribution in [-0.4, -0.2) is 15.9 Å². The highest BCUT2D eigenvalue weighted by molar-refractivity contribution is 7.99. The lowest BCUT2D eigenvalue weighted by Gasteiger charge is -2.04. The Morgan fingerprint density at radius 2 is 2.12 bits per heavy atom. The van der Waals surface area contributed by atoms with Crippen LogP contribution in [0.2, 0.25) is 0 Å². The number of carbonyl (C=O) groups is 1. The SMILES string of the molecule is NC(=O)c1cc(Sc2cnccn2)ccc1N. The van der Waals surface area contributed by atoms with Crippen molar-refractivity contribution < 1.29 is 4.79 Å². The summed E-state index contributed by atoms with van der Waals surface area (Å²) in [5, 5.41) is 0.743. The second-order valence-corrected chi connectivity index (χ2v) is 4.35. The fourth-order valence-corrected chi connectivity index (χ4v) is 2.05. The van der Waals surface area contributed by atoms with Gasteiger partial charge in [-0.1, -0.05) is 11.8 Å². The molecule has 86 valence electrons. The zero-order valence-electron chi connectivity index (χ0n) is 8.83. The van der Waals surface area contributed by atoms with Crippen molar-refractivity contribution in [1.29, 1.82) is 0 Å². The fraction of sp³-hybridized carbons (Fsp3) is 0. The second kappa shape index (κ2) is 4.84. The van der Waals surface area contributed by atoms with Crippen molar-refractivity contribution in [3.63, 3.8) is 0 Å². The number of carbonyl (C=O) groups excluding carboxylic acids is 1. The molecule has 0 saturated carbocycles. The average Bonchev–Trinajstić information content (AvgIpc) is 2.32. The summed E-state index contributed by atoms with van der Waals surface area (Å²) in [5.74, 6) is -0.538. The summed E-state index contributed by atoms with van der Waals surface area (Å²) in [5.41, 5.74) is 11.6. The van der Waals surface area contributed by atoms with E-state index < -0.39 is 5.91 Å². The zero-order chi connectivity index (χ0) is 12.3. The summed E-state index contributed by atoms with van der Waals surface area (Å²) in [4.78, 5) is 20.1. The van der Waals surface area contributed by atoms with Crippen LogP contribution in [0.1, 0.15) is 10.4 Å². The molecule has 0 atom stereocenters. The molecule has 0 saturated heterocycles.